The number of rotatable bonds is 5. The van der Waals surface area contributed by atoms with Gasteiger partial charge in [0.2, 0.25) is 0 Å². The maximum atomic E-state index is 12.3. The topological polar surface area (TPSA) is 83.5 Å². The van der Waals surface area contributed by atoms with Gasteiger partial charge in [0.05, 0.1) is 4.90 Å². The molecule has 0 aliphatic carbocycles. The van der Waals surface area contributed by atoms with Crippen LogP contribution in [0.5, 0.6) is 0 Å². The van der Waals surface area contributed by atoms with E-state index in [9.17, 15) is 13.2 Å². The Kier molecular flexibility index (Phi) is 4.37. The molecule has 0 saturated carbocycles. The number of aliphatic carboxylic acids is 1. The third kappa shape index (κ3) is 3.64. The molecule has 1 heterocycles. The number of carboxylic acids is 1. The van der Waals surface area contributed by atoms with E-state index in [1.165, 1.54) is 29.5 Å². The smallest absolute Gasteiger partial charge is 0.328 e. The summed E-state index contributed by atoms with van der Waals surface area (Å²) in [5.41, 5.74) is 0.456. The second kappa shape index (κ2) is 6.46. The fourth-order valence-electron chi connectivity index (χ4n) is 2.18. The Hall–Kier alpha value is -2.64. The number of carboxylic acid groups (broad SMARTS) is 1. The minimum absolute atomic E-state index is 0.195. The number of carbonyl (C=O) groups is 1. The van der Waals surface area contributed by atoms with Gasteiger partial charge in [-0.2, -0.15) is 0 Å². The summed E-state index contributed by atoms with van der Waals surface area (Å²) < 4.78 is 28.2. The van der Waals surface area contributed by atoms with E-state index < -0.39 is 16.0 Å². The van der Waals surface area contributed by atoms with E-state index in [4.69, 9.17) is 5.11 Å². The molecule has 0 radical (unpaired) electrons. The number of hydrogen-bond donors (Lipinski definition) is 2. The second-order valence-corrected chi connectivity index (χ2v) is 7.79. The predicted octanol–water partition coefficient (Wildman–Crippen LogP) is 3.80. The van der Waals surface area contributed by atoms with Crippen molar-refractivity contribution in [1.82, 2.24) is 0 Å². The Morgan fingerprint density at radius 2 is 1.83 bits per heavy atom. The van der Waals surface area contributed by atoms with E-state index in [1.807, 2.05) is 6.07 Å². The van der Waals surface area contributed by atoms with Crippen LogP contribution in [-0.2, 0) is 14.8 Å². The first-order valence-electron chi connectivity index (χ1n) is 6.96. The van der Waals surface area contributed by atoms with Crippen molar-refractivity contribution >= 4 is 49.2 Å². The molecule has 2 N–H and O–H groups in total. The molecule has 24 heavy (non-hydrogen) atoms. The van der Waals surface area contributed by atoms with Crippen molar-refractivity contribution in [1.29, 1.82) is 0 Å². The molecule has 2 aromatic carbocycles. The number of nitrogens with one attached hydrogen (secondary N) is 1. The van der Waals surface area contributed by atoms with Gasteiger partial charge in [0.25, 0.3) is 10.0 Å². The Labute approximate surface area is 142 Å². The van der Waals surface area contributed by atoms with Crippen LogP contribution in [0.25, 0.3) is 16.2 Å². The van der Waals surface area contributed by atoms with E-state index in [0.29, 0.717) is 5.69 Å². The van der Waals surface area contributed by atoms with Gasteiger partial charge < -0.3 is 5.11 Å². The lowest BCUT2D eigenvalue weighted by Crippen LogP contribution is -2.12. The molecule has 7 heteroatoms. The second-order valence-electron chi connectivity index (χ2n) is 4.99. The van der Waals surface area contributed by atoms with Crippen molar-refractivity contribution in [3.63, 3.8) is 0 Å². The third-order valence-electron chi connectivity index (χ3n) is 3.23. The van der Waals surface area contributed by atoms with Crippen LogP contribution in [0.1, 0.15) is 4.88 Å². The van der Waals surface area contributed by atoms with Gasteiger partial charge in [-0.3, -0.25) is 4.72 Å². The monoisotopic (exact) mass is 359 g/mol. The molecule has 3 aromatic rings. The molecule has 0 fully saturated rings. The zero-order chi connectivity index (χ0) is 17.2. The zero-order valence-electron chi connectivity index (χ0n) is 12.3. The lowest BCUT2D eigenvalue weighted by atomic mass is 10.2. The van der Waals surface area contributed by atoms with Crippen LogP contribution >= 0.6 is 11.3 Å². The normalized spacial score (nSPS) is 11.8. The van der Waals surface area contributed by atoms with E-state index in [-0.39, 0.29) is 4.90 Å². The average molecular weight is 359 g/mol. The fraction of sp³-hybridized carbons (Fsp3) is 0. The Morgan fingerprint density at radius 3 is 2.54 bits per heavy atom. The highest BCUT2D eigenvalue weighted by Gasteiger charge is 2.13. The summed E-state index contributed by atoms with van der Waals surface area (Å²) in [6.07, 6.45) is 2.59. The van der Waals surface area contributed by atoms with Crippen molar-refractivity contribution in [3.8, 4) is 0 Å². The summed E-state index contributed by atoms with van der Waals surface area (Å²) >= 11 is 1.43. The number of anilines is 1. The van der Waals surface area contributed by atoms with Gasteiger partial charge >= 0.3 is 5.97 Å². The van der Waals surface area contributed by atoms with Gasteiger partial charge in [-0.1, -0.05) is 18.2 Å². The maximum absolute atomic E-state index is 12.3. The summed E-state index contributed by atoms with van der Waals surface area (Å²) in [5, 5.41) is 9.52. The van der Waals surface area contributed by atoms with Gasteiger partial charge in [-0.05, 0) is 47.9 Å². The SMILES string of the molecule is O=C(O)/C=C/c1cc2cc(NS(=O)(=O)c3ccccc3)ccc2s1. The maximum Gasteiger partial charge on any atom is 0.328 e. The average Bonchev–Trinajstić information content (AvgIpc) is 2.95. The van der Waals surface area contributed by atoms with E-state index in [1.54, 1.807) is 36.4 Å². The number of fused-ring (bicyclic) bond motifs is 1. The predicted molar refractivity (Wildman–Crippen MR) is 95.7 cm³/mol. The largest absolute Gasteiger partial charge is 0.478 e. The molecule has 0 amide bonds. The highest BCUT2D eigenvalue weighted by molar-refractivity contribution is 7.92. The standard InChI is InChI=1S/C17H13NO4S2/c19-17(20)9-7-14-11-12-10-13(6-8-16(12)23-14)18-24(21,22)15-4-2-1-3-5-15/h1-11,18H,(H,19,20)/b9-7+. The van der Waals surface area contributed by atoms with Crippen molar-refractivity contribution in [2.75, 3.05) is 4.72 Å². The third-order valence-corrected chi connectivity index (χ3v) is 5.71. The summed E-state index contributed by atoms with van der Waals surface area (Å²) in [6, 6.07) is 15.2. The van der Waals surface area contributed by atoms with Crippen LogP contribution < -0.4 is 4.72 Å². The zero-order valence-corrected chi connectivity index (χ0v) is 14.0. The highest BCUT2D eigenvalue weighted by Crippen LogP contribution is 2.29. The summed E-state index contributed by atoms with van der Waals surface area (Å²) in [4.78, 5) is 11.6. The molecule has 5 nitrogen and oxygen atoms in total. The molecule has 0 saturated heterocycles. The Morgan fingerprint density at radius 1 is 1.08 bits per heavy atom. The van der Waals surface area contributed by atoms with Gasteiger partial charge in [-0.15, -0.1) is 11.3 Å². The van der Waals surface area contributed by atoms with Crippen LogP contribution in [0.15, 0.2) is 65.6 Å². The molecule has 0 unspecified atom stereocenters. The fourth-order valence-corrected chi connectivity index (χ4v) is 4.19. The Bertz CT molecular complexity index is 1020. The lowest BCUT2D eigenvalue weighted by molar-refractivity contribution is -0.131. The van der Waals surface area contributed by atoms with Gasteiger partial charge in [-0.25, -0.2) is 13.2 Å². The molecule has 0 aliphatic heterocycles. The Balaban J connectivity index is 1.90. The van der Waals surface area contributed by atoms with Crippen LogP contribution in [0.3, 0.4) is 0 Å². The van der Waals surface area contributed by atoms with Crippen LogP contribution in [0.4, 0.5) is 5.69 Å². The molecule has 1 aromatic heterocycles. The van der Waals surface area contributed by atoms with E-state index in [0.717, 1.165) is 21.0 Å². The molecular formula is C17H13NO4S2. The van der Waals surface area contributed by atoms with E-state index in [2.05, 4.69) is 4.72 Å². The van der Waals surface area contributed by atoms with Gasteiger partial charge in [0.15, 0.2) is 0 Å². The number of benzene rings is 2. The summed E-state index contributed by atoms with van der Waals surface area (Å²) in [5.74, 6) is -1.01. The van der Waals surface area contributed by atoms with Gasteiger partial charge in [0.1, 0.15) is 0 Å². The molecule has 0 bridgehead atoms. The first-order valence-corrected chi connectivity index (χ1v) is 9.26. The molecular weight excluding hydrogens is 346 g/mol. The van der Waals surface area contributed by atoms with Crippen molar-refractivity contribution in [3.05, 3.63) is 65.6 Å². The van der Waals surface area contributed by atoms with Crippen LogP contribution in [-0.4, -0.2) is 19.5 Å². The quantitative estimate of drug-likeness (QED) is 0.679. The molecule has 122 valence electrons. The number of thiophene rings is 1. The molecule has 0 aliphatic rings. The highest BCUT2D eigenvalue weighted by atomic mass is 32.2. The lowest BCUT2D eigenvalue weighted by Gasteiger charge is -2.07. The summed E-state index contributed by atoms with van der Waals surface area (Å²) in [6.45, 7) is 0. The van der Waals surface area contributed by atoms with Gasteiger partial charge in [0, 0.05) is 21.3 Å². The molecule has 0 atom stereocenters. The summed E-state index contributed by atoms with van der Waals surface area (Å²) in [7, 11) is -3.63. The molecule has 0 spiro atoms. The van der Waals surface area contributed by atoms with Crippen molar-refractivity contribution < 1.29 is 18.3 Å². The number of sulfonamides is 1. The molecule has 3 rings (SSSR count). The first-order chi connectivity index (χ1) is 11.4. The first kappa shape index (κ1) is 16.2. The minimum Gasteiger partial charge on any atom is -0.478 e. The van der Waals surface area contributed by atoms with E-state index >= 15 is 0 Å². The van der Waals surface area contributed by atoms with Crippen LogP contribution in [0.2, 0.25) is 0 Å². The number of hydrogen-bond acceptors (Lipinski definition) is 4. The van der Waals surface area contributed by atoms with Crippen molar-refractivity contribution in [2.45, 2.75) is 4.90 Å². The van der Waals surface area contributed by atoms with Crippen LogP contribution in [0, 0.1) is 0 Å². The van der Waals surface area contributed by atoms with Crippen molar-refractivity contribution in [2.24, 2.45) is 0 Å². The minimum atomic E-state index is -3.63.